The van der Waals surface area contributed by atoms with Crippen LogP contribution in [-0.2, 0) is 4.79 Å². The molecule has 180 valence electrons. The van der Waals surface area contributed by atoms with E-state index in [2.05, 4.69) is 57.8 Å². The molecule has 1 aliphatic carbocycles. The van der Waals surface area contributed by atoms with E-state index >= 15 is 0 Å². The van der Waals surface area contributed by atoms with Crippen LogP contribution in [0.2, 0.25) is 0 Å². The van der Waals surface area contributed by atoms with Crippen LogP contribution < -0.4 is 20.1 Å². The quantitative estimate of drug-likeness (QED) is 0.365. The number of ether oxygens (including phenoxy) is 2. The lowest BCUT2D eigenvalue weighted by atomic mass is 9.78. The first-order valence-corrected chi connectivity index (χ1v) is 12.7. The van der Waals surface area contributed by atoms with Gasteiger partial charge in [-0.05, 0) is 77.5 Å². The zero-order valence-electron chi connectivity index (χ0n) is 20.2. The summed E-state index contributed by atoms with van der Waals surface area (Å²) in [5.74, 6) is 1.58. The molecule has 0 saturated heterocycles. The predicted octanol–water partition coefficient (Wildman–Crippen LogP) is 7.14. The number of Topliss-reactive ketones (excluding diaryl/α,β-unsaturated/α-hetero) is 1. The summed E-state index contributed by atoms with van der Waals surface area (Å²) < 4.78 is 12.3. The van der Waals surface area contributed by atoms with E-state index in [4.69, 9.17) is 9.47 Å². The van der Waals surface area contributed by atoms with E-state index in [0.717, 1.165) is 39.1 Å². The minimum atomic E-state index is -0.325. The number of anilines is 2. The van der Waals surface area contributed by atoms with Crippen molar-refractivity contribution in [2.24, 2.45) is 0 Å². The third-order valence-electron chi connectivity index (χ3n) is 6.73. The molecule has 2 N–H and O–H groups in total. The number of methoxy groups -OCH3 is 1. The molecule has 35 heavy (non-hydrogen) atoms. The van der Waals surface area contributed by atoms with Crippen LogP contribution >= 0.6 is 15.9 Å². The predicted molar refractivity (Wildman–Crippen MR) is 143 cm³/mol. The van der Waals surface area contributed by atoms with Gasteiger partial charge in [0.1, 0.15) is 0 Å². The van der Waals surface area contributed by atoms with E-state index in [1.807, 2.05) is 43.3 Å². The monoisotopic (exact) mass is 532 g/mol. The summed E-state index contributed by atoms with van der Waals surface area (Å²) in [5, 5.41) is 7.25. The lowest BCUT2D eigenvalue weighted by molar-refractivity contribution is -0.116. The number of aryl methyl sites for hydroxylation is 1. The van der Waals surface area contributed by atoms with Gasteiger partial charge in [-0.25, -0.2) is 0 Å². The highest BCUT2D eigenvalue weighted by Crippen LogP contribution is 2.46. The van der Waals surface area contributed by atoms with Crippen molar-refractivity contribution in [3.8, 4) is 11.5 Å². The largest absolute Gasteiger partial charge is 0.493 e. The molecule has 0 spiro atoms. The molecule has 3 aromatic carbocycles. The Balaban J connectivity index is 1.62. The first-order valence-electron chi connectivity index (χ1n) is 11.9. The fraction of sp³-hybridized carbons (Fsp3) is 0.276. The van der Waals surface area contributed by atoms with Crippen LogP contribution in [0.4, 0.5) is 11.4 Å². The lowest BCUT2D eigenvalue weighted by Gasteiger charge is -2.30. The Morgan fingerprint density at radius 3 is 2.46 bits per heavy atom. The summed E-state index contributed by atoms with van der Waals surface area (Å²) in [6.45, 7) is 4.55. The number of para-hydroxylation sites is 2. The summed E-state index contributed by atoms with van der Waals surface area (Å²) >= 11 is 3.66. The minimum Gasteiger partial charge on any atom is -0.493 e. The molecular weight excluding hydrogens is 504 g/mol. The second-order valence-corrected chi connectivity index (χ2v) is 9.90. The van der Waals surface area contributed by atoms with Crippen LogP contribution in [0.1, 0.15) is 48.4 Å². The molecule has 3 aromatic rings. The standard InChI is InChI=1S/C29H29BrN2O3/c1-4-35-29-21(30)13-20(16-26(29)34-3)28-27-24(31-22-7-5-6-8-23(22)32-28)14-19(15-25(27)33)18-11-9-17(2)10-12-18/h5-13,16,19,28,31-32H,4,14-15H2,1-3H3/t19-,28+/m0/s1. The minimum absolute atomic E-state index is 0.141. The highest BCUT2D eigenvalue weighted by atomic mass is 79.9. The molecule has 5 rings (SSSR count). The molecule has 2 atom stereocenters. The average Bonchev–Trinajstić information content (AvgIpc) is 3.02. The Kier molecular flexibility index (Phi) is 6.56. The van der Waals surface area contributed by atoms with E-state index in [1.54, 1.807) is 7.11 Å². The van der Waals surface area contributed by atoms with Gasteiger partial charge in [-0.2, -0.15) is 0 Å². The van der Waals surface area contributed by atoms with Crippen LogP contribution in [0.15, 0.2) is 76.4 Å². The van der Waals surface area contributed by atoms with Gasteiger partial charge in [0, 0.05) is 17.7 Å². The molecule has 5 nitrogen and oxygen atoms in total. The number of carbonyl (C=O) groups is 1. The fourth-order valence-corrected chi connectivity index (χ4v) is 5.58. The normalized spacial score (nSPS) is 19.1. The number of hydrogen-bond acceptors (Lipinski definition) is 5. The zero-order chi connectivity index (χ0) is 24.5. The van der Waals surface area contributed by atoms with Gasteiger partial charge in [0.2, 0.25) is 0 Å². The molecule has 0 aromatic heterocycles. The highest BCUT2D eigenvalue weighted by Gasteiger charge is 2.36. The summed E-state index contributed by atoms with van der Waals surface area (Å²) in [6.07, 6.45) is 1.25. The number of allylic oxidation sites excluding steroid dienone is 1. The second-order valence-electron chi connectivity index (χ2n) is 9.05. The molecule has 6 heteroatoms. The lowest BCUT2D eigenvalue weighted by Crippen LogP contribution is -2.27. The van der Waals surface area contributed by atoms with E-state index in [-0.39, 0.29) is 17.7 Å². The van der Waals surface area contributed by atoms with Crippen molar-refractivity contribution < 1.29 is 14.3 Å². The summed E-state index contributed by atoms with van der Waals surface area (Å²) in [5.41, 5.74) is 7.03. The molecule has 0 bridgehead atoms. The Morgan fingerprint density at radius 2 is 1.74 bits per heavy atom. The SMILES string of the molecule is CCOc1c(Br)cc([C@H]2Nc3ccccc3NC3=C2C(=O)C[C@@H](c2ccc(C)cc2)C3)cc1OC. The topological polar surface area (TPSA) is 59.6 Å². The van der Waals surface area contributed by atoms with Crippen molar-refractivity contribution in [1.82, 2.24) is 0 Å². The Morgan fingerprint density at radius 1 is 1.00 bits per heavy atom. The van der Waals surface area contributed by atoms with E-state index in [9.17, 15) is 4.79 Å². The number of hydrogen-bond donors (Lipinski definition) is 2. The molecule has 0 amide bonds. The van der Waals surface area contributed by atoms with Crippen molar-refractivity contribution in [3.63, 3.8) is 0 Å². The Labute approximate surface area is 214 Å². The summed E-state index contributed by atoms with van der Waals surface area (Å²) in [7, 11) is 1.63. The second kappa shape index (κ2) is 9.78. The smallest absolute Gasteiger partial charge is 0.175 e. The Hall–Kier alpha value is -3.25. The van der Waals surface area contributed by atoms with E-state index in [0.29, 0.717) is 24.5 Å². The van der Waals surface area contributed by atoms with Crippen molar-refractivity contribution >= 4 is 33.1 Å². The van der Waals surface area contributed by atoms with E-state index < -0.39 is 0 Å². The van der Waals surface area contributed by atoms with E-state index in [1.165, 1.54) is 11.1 Å². The summed E-state index contributed by atoms with van der Waals surface area (Å²) in [6, 6.07) is 20.3. The maximum Gasteiger partial charge on any atom is 0.175 e. The van der Waals surface area contributed by atoms with Crippen LogP contribution in [0.3, 0.4) is 0 Å². The molecule has 1 heterocycles. The van der Waals surface area contributed by atoms with Gasteiger partial charge in [-0.3, -0.25) is 4.79 Å². The number of rotatable bonds is 5. The zero-order valence-corrected chi connectivity index (χ0v) is 21.7. The van der Waals surface area contributed by atoms with Crippen LogP contribution in [0, 0.1) is 6.92 Å². The van der Waals surface area contributed by atoms with Crippen molar-refractivity contribution in [3.05, 3.63) is 93.1 Å². The number of carbonyl (C=O) groups excluding carboxylic acids is 1. The van der Waals surface area contributed by atoms with Crippen molar-refractivity contribution in [2.75, 3.05) is 24.4 Å². The fourth-order valence-electron chi connectivity index (χ4n) is 5.01. The van der Waals surface area contributed by atoms with Crippen LogP contribution in [0.25, 0.3) is 0 Å². The Bertz CT molecular complexity index is 1300. The third-order valence-corrected chi connectivity index (χ3v) is 7.32. The van der Waals surface area contributed by atoms with Crippen molar-refractivity contribution in [1.29, 1.82) is 0 Å². The first kappa shape index (κ1) is 23.5. The van der Waals surface area contributed by atoms with Gasteiger partial charge < -0.3 is 20.1 Å². The third kappa shape index (κ3) is 4.55. The van der Waals surface area contributed by atoms with Gasteiger partial charge >= 0.3 is 0 Å². The van der Waals surface area contributed by atoms with Crippen LogP contribution in [-0.4, -0.2) is 19.5 Å². The molecule has 0 radical (unpaired) electrons. The van der Waals surface area contributed by atoms with Gasteiger partial charge in [-0.1, -0.05) is 42.0 Å². The van der Waals surface area contributed by atoms with Crippen LogP contribution in [0.5, 0.6) is 11.5 Å². The molecule has 0 fully saturated rings. The molecule has 2 aliphatic rings. The molecule has 0 saturated carbocycles. The number of halogens is 1. The average molecular weight is 533 g/mol. The maximum atomic E-state index is 13.8. The maximum absolute atomic E-state index is 13.8. The summed E-state index contributed by atoms with van der Waals surface area (Å²) in [4.78, 5) is 13.8. The number of benzene rings is 3. The highest BCUT2D eigenvalue weighted by molar-refractivity contribution is 9.10. The number of ketones is 1. The molecular formula is C29H29BrN2O3. The van der Waals surface area contributed by atoms with Gasteiger partial charge in [0.05, 0.1) is 35.6 Å². The van der Waals surface area contributed by atoms with Gasteiger partial charge in [0.25, 0.3) is 0 Å². The molecule has 0 unspecified atom stereocenters. The molecule has 1 aliphatic heterocycles. The number of fused-ring (bicyclic) bond motifs is 1. The first-order chi connectivity index (χ1) is 17.0. The van der Waals surface area contributed by atoms with Crippen molar-refractivity contribution in [2.45, 2.75) is 38.6 Å². The van der Waals surface area contributed by atoms with Gasteiger partial charge in [0.15, 0.2) is 17.3 Å². The number of nitrogens with one attached hydrogen (secondary N) is 2. The van der Waals surface area contributed by atoms with Gasteiger partial charge in [-0.15, -0.1) is 0 Å².